The number of ether oxygens (including phenoxy) is 2. The fourth-order valence-electron chi connectivity index (χ4n) is 2.14. The number of amides is 1. The van der Waals surface area contributed by atoms with E-state index in [0.29, 0.717) is 37.7 Å². The molecule has 1 aromatic heterocycles. The van der Waals surface area contributed by atoms with E-state index in [2.05, 4.69) is 41.5 Å². The lowest BCUT2D eigenvalue weighted by atomic mass is 10.2. The summed E-state index contributed by atoms with van der Waals surface area (Å²) >= 11 is 3.46. The van der Waals surface area contributed by atoms with Crippen molar-refractivity contribution in [2.75, 3.05) is 32.5 Å². The number of halogens is 1. The van der Waals surface area contributed by atoms with Crippen molar-refractivity contribution >= 4 is 27.7 Å². The van der Waals surface area contributed by atoms with Crippen LogP contribution in [0.15, 0.2) is 21.2 Å². The van der Waals surface area contributed by atoms with Gasteiger partial charge in [0.05, 0.1) is 13.7 Å². The summed E-state index contributed by atoms with van der Waals surface area (Å²) in [5, 5.41) is 12.7. The van der Waals surface area contributed by atoms with E-state index in [9.17, 15) is 4.79 Å². The molecule has 0 aliphatic heterocycles. The van der Waals surface area contributed by atoms with Gasteiger partial charge in [0, 0.05) is 29.7 Å². The first kappa shape index (κ1) is 19.0. The van der Waals surface area contributed by atoms with Gasteiger partial charge in [0.25, 0.3) is 5.91 Å². The Hall–Kier alpha value is -2.33. The van der Waals surface area contributed by atoms with Gasteiger partial charge in [-0.1, -0.05) is 15.9 Å². The Morgan fingerprint density at radius 2 is 2.16 bits per heavy atom. The zero-order valence-corrected chi connectivity index (χ0v) is 15.6. The summed E-state index contributed by atoms with van der Waals surface area (Å²) in [6.45, 7) is 3.93. The molecule has 0 spiro atoms. The topological polar surface area (TPSA) is 125 Å². The Morgan fingerprint density at radius 1 is 1.36 bits per heavy atom. The van der Waals surface area contributed by atoms with E-state index in [-0.39, 0.29) is 11.5 Å². The predicted octanol–water partition coefficient (Wildman–Crippen LogP) is 1.34. The zero-order valence-electron chi connectivity index (χ0n) is 14.0. The van der Waals surface area contributed by atoms with Crippen molar-refractivity contribution in [1.29, 1.82) is 0 Å². The number of nitrogen functional groups attached to an aromatic ring is 1. The Balaban J connectivity index is 1.86. The Morgan fingerprint density at radius 3 is 2.80 bits per heavy atom. The Labute approximate surface area is 153 Å². The van der Waals surface area contributed by atoms with E-state index in [1.165, 1.54) is 0 Å². The minimum absolute atomic E-state index is 0.0182. The van der Waals surface area contributed by atoms with Crippen LogP contribution < -0.4 is 25.8 Å². The van der Waals surface area contributed by atoms with E-state index in [0.717, 1.165) is 10.0 Å². The van der Waals surface area contributed by atoms with Crippen LogP contribution in [-0.4, -0.2) is 43.0 Å². The summed E-state index contributed by atoms with van der Waals surface area (Å²) in [6, 6.07) is 3.81. The van der Waals surface area contributed by atoms with Crippen molar-refractivity contribution < 1.29 is 18.9 Å². The summed E-state index contributed by atoms with van der Waals surface area (Å²) in [7, 11) is 1.60. The van der Waals surface area contributed by atoms with Gasteiger partial charge >= 0.3 is 0 Å². The maximum atomic E-state index is 11.8. The molecule has 0 radical (unpaired) electrons. The molecule has 0 saturated carbocycles. The quantitative estimate of drug-likeness (QED) is 0.525. The van der Waals surface area contributed by atoms with Gasteiger partial charge in [0.2, 0.25) is 11.5 Å². The summed E-state index contributed by atoms with van der Waals surface area (Å²) in [5.41, 5.74) is 6.39. The van der Waals surface area contributed by atoms with Gasteiger partial charge in [-0.25, -0.2) is 4.63 Å². The third-order valence-electron chi connectivity index (χ3n) is 3.24. The molecule has 9 nitrogen and oxygen atoms in total. The zero-order chi connectivity index (χ0) is 18.2. The highest BCUT2D eigenvalue weighted by atomic mass is 79.9. The van der Waals surface area contributed by atoms with E-state index in [4.69, 9.17) is 15.2 Å². The molecule has 0 aliphatic carbocycles. The number of rotatable bonds is 9. The van der Waals surface area contributed by atoms with Gasteiger partial charge in [-0.05, 0) is 29.4 Å². The number of nitrogens with zero attached hydrogens (tertiary/aromatic N) is 2. The molecule has 2 aromatic rings. The number of hydrogen-bond donors (Lipinski definition) is 3. The van der Waals surface area contributed by atoms with Crippen LogP contribution in [0.1, 0.15) is 23.0 Å². The molecular formula is C15H20BrN5O4. The van der Waals surface area contributed by atoms with Crippen LogP contribution >= 0.6 is 15.9 Å². The Bertz CT molecular complexity index is 722. The number of carbonyl (C=O) groups is 1. The van der Waals surface area contributed by atoms with E-state index in [1.807, 2.05) is 19.1 Å². The van der Waals surface area contributed by atoms with Crippen LogP contribution in [0.4, 0.5) is 5.82 Å². The minimum atomic E-state index is -0.431. The number of nitrogens with two attached hydrogens (primary N) is 1. The van der Waals surface area contributed by atoms with Crippen molar-refractivity contribution in [3.63, 3.8) is 0 Å². The number of aromatic nitrogens is 2. The second kappa shape index (κ2) is 9.23. The van der Waals surface area contributed by atoms with Gasteiger partial charge in [0.1, 0.15) is 0 Å². The van der Waals surface area contributed by atoms with Gasteiger partial charge in [-0.2, -0.15) is 0 Å². The summed E-state index contributed by atoms with van der Waals surface area (Å²) in [6.07, 6.45) is 0. The van der Waals surface area contributed by atoms with Gasteiger partial charge in [0.15, 0.2) is 11.5 Å². The molecule has 0 unspecified atom stereocenters. The lowest BCUT2D eigenvalue weighted by molar-refractivity contribution is 0.0944. The number of nitrogens with one attached hydrogen (secondary N) is 2. The summed E-state index contributed by atoms with van der Waals surface area (Å²) in [5.74, 6) is 0.897. The molecule has 4 N–H and O–H groups in total. The second-order valence-electron chi connectivity index (χ2n) is 4.96. The van der Waals surface area contributed by atoms with E-state index in [1.54, 1.807) is 7.11 Å². The fourth-order valence-corrected chi connectivity index (χ4v) is 2.62. The molecule has 1 heterocycles. The number of hydrogen-bond acceptors (Lipinski definition) is 8. The van der Waals surface area contributed by atoms with Crippen molar-refractivity contribution in [2.45, 2.75) is 13.5 Å². The van der Waals surface area contributed by atoms with Gasteiger partial charge in [-0.3, -0.25) is 4.79 Å². The molecule has 1 aromatic carbocycles. The molecule has 0 bridgehead atoms. The second-order valence-corrected chi connectivity index (χ2v) is 5.88. The fraction of sp³-hybridized carbons (Fsp3) is 0.400. The number of carbonyl (C=O) groups excluding carboxylic acids is 1. The molecule has 2 rings (SSSR count). The van der Waals surface area contributed by atoms with Crippen LogP contribution in [0.3, 0.4) is 0 Å². The first-order valence-corrected chi connectivity index (χ1v) is 8.42. The van der Waals surface area contributed by atoms with Crippen LogP contribution in [0.25, 0.3) is 0 Å². The molecule has 0 aliphatic rings. The molecule has 25 heavy (non-hydrogen) atoms. The standard InChI is InChI=1S/C15H20BrN5O4/c1-3-24-13-9(6-10(16)7-11(13)23-2)8-18-4-5-19-15(22)12-14(17)21-25-20-12/h6-7,18H,3-5,8H2,1-2H3,(H2,17,21)(H,19,22). The van der Waals surface area contributed by atoms with Crippen molar-refractivity contribution in [3.05, 3.63) is 27.9 Å². The van der Waals surface area contributed by atoms with Crippen LogP contribution in [-0.2, 0) is 6.54 Å². The molecule has 0 saturated heterocycles. The average molecular weight is 414 g/mol. The van der Waals surface area contributed by atoms with Crippen molar-refractivity contribution in [3.8, 4) is 11.5 Å². The van der Waals surface area contributed by atoms with Gasteiger partial charge < -0.3 is 25.8 Å². The monoisotopic (exact) mass is 413 g/mol. The van der Waals surface area contributed by atoms with Crippen LogP contribution in [0, 0.1) is 0 Å². The lowest BCUT2D eigenvalue weighted by Gasteiger charge is -2.15. The molecule has 0 fully saturated rings. The Kier molecular flexibility index (Phi) is 7.02. The van der Waals surface area contributed by atoms with Crippen molar-refractivity contribution in [2.24, 2.45) is 0 Å². The predicted molar refractivity (Wildman–Crippen MR) is 94.6 cm³/mol. The number of anilines is 1. The molecule has 136 valence electrons. The van der Waals surface area contributed by atoms with Gasteiger partial charge in [-0.15, -0.1) is 0 Å². The first-order valence-electron chi connectivity index (χ1n) is 7.63. The van der Waals surface area contributed by atoms with E-state index >= 15 is 0 Å². The highest BCUT2D eigenvalue weighted by Gasteiger charge is 2.15. The number of methoxy groups -OCH3 is 1. The maximum absolute atomic E-state index is 11.8. The van der Waals surface area contributed by atoms with Crippen LogP contribution in [0.2, 0.25) is 0 Å². The molecule has 0 atom stereocenters. The summed E-state index contributed by atoms with van der Waals surface area (Å²) < 4.78 is 16.3. The largest absolute Gasteiger partial charge is 0.493 e. The minimum Gasteiger partial charge on any atom is -0.493 e. The third-order valence-corrected chi connectivity index (χ3v) is 3.69. The maximum Gasteiger partial charge on any atom is 0.277 e. The average Bonchev–Trinajstić information content (AvgIpc) is 3.02. The van der Waals surface area contributed by atoms with Crippen LogP contribution in [0.5, 0.6) is 11.5 Å². The lowest BCUT2D eigenvalue weighted by Crippen LogP contribution is -2.32. The highest BCUT2D eigenvalue weighted by Crippen LogP contribution is 2.34. The molecular weight excluding hydrogens is 394 g/mol. The number of benzene rings is 1. The first-order chi connectivity index (χ1) is 12.1. The molecule has 10 heteroatoms. The smallest absolute Gasteiger partial charge is 0.277 e. The third kappa shape index (κ3) is 5.07. The molecule has 1 amide bonds. The van der Waals surface area contributed by atoms with Crippen molar-refractivity contribution in [1.82, 2.24) is 20.9 Å². The van der Waals surface area contributed by atoms with E-state index < -0.39 is 5.91 Å². The normalized spacial score (nSPS) is 10.5. The highest BCUT2D eigenvalue weighted by molar-refractivity contribution is 9.10. The SMILES string of the molecule is CCOc1c(CNCCNC(=O)c2nonc2N)cc(Br)cc1OC. The summed E-state index contributed by atoms with van der Waals surface area (Å²) in [4.78, 5) is 11.8.